The molecule has 2 aromatic rings. The van der Waals surface area contributed by atoms with E-state index in [-0.39, 0.29) is 11.8 Å². The fraction of sp³-hybridized carbons (Fsp3) is 0.417. The minimum Gasteiger partial charge on any atom is -0.352 e. The largest absolute Gasteiger partial charge is 0.352 e. The normalized spacial score (nSPS) is 17.1. The van der Waals surface area contributed by atoms with Gasteiger partial charge in [-0.05, 0) is 29.7 Å². The topological polar surface area (TPSA) is 53.9 Å². The lowest BCUT2D eigenvalue weighted by Crippen LogP contribution is -3.08. The van der Waals surface area contributed by atoms with E-state index in [0.717, 1.165) is 30.8 Å². The Morgan fingerprint density at radius 2 is 1.69 bits per heavy atom. The molecule has 2 saturated heterocycles. The SMILES string of the molecule is O=C(Cc1ccc(N2CCCC2=O)cc1)NCc1ccccc1C[NH+]1CCCC1. The second-order valence-corrected chi connectivity index (χ2v) is 8.17. The van der Waals surface area contributed by atoms with Crippen molar-refractivity contribution in [3.63, 3.8) is 0 Å². The molecule has 2 N–H and O–H groups in total. The maximum Gasteiger partial charge on any atom is 0.227 e. The van der Waals surface area contributed by atoms with Crippen molar-refractivity contribution in [1.29, 1.82) is 0 Å². The highest BCUT2D eigenvalue weighted by Crippen LogP contribution is 2.21. The number of quaternary nitrogens is 1. The standard InChI is InChI=1S/C24H29N3O2/c28-23(16-19-9-11-22(12-10-19)27-15-5-8-24(27)29)25-17-20-6-1-2-7-21(20)18-26-13-3-4-14-26/h1-2,6-7,9-12H,3-5,8,13-18H2,(H,25,28)/p+1. The number of hydrogen-bond acceptors (Lipinski definition) is 2. The van der Waals surface area contributed by atoms with Gasteiger partial charge in [0, 0.05) is 43.6 Å². The number of rotatable bonds is 7. The van der Waals surface area contributed by atoms with Crippen LogP contribution in [0.25, 0.3) is 0 Å². The lowest BCUT2D eigenvalue weighted by molar-refractivity contribution is -0.901. The second-order valence-electron chi connectivity index (χ2n) is 8.17. The van der Waals surface area contributed by atoms with Crippen molar-refractivity contribution in [1.82, 2.24) is 5.32 Å². The number of benzene rings is 2. The van der Waals surface area contributed by atoms with Crippen molar-refractivity contribution >= 4 is 17.5 Å². The average molecular weight is 393 g/mol. The van der Waals surface area contributed by atoms with Gasteiger partial charge in [-0.15, -0.1) is 0 Å². The molecular weight excluding hydrogens is 362 g/mol. The lowest BCUT2D eigenvalue weighted by Gasteiger charge is -2.16. The van der Waals surface area contributed by atoms with Gasteiger partial charge in [-0.2, -0.15) is 0 Å². The third-order valence-corrected chi connectivity index (χ3v) is 6.03. The van der Waals surface area contributed by atoms with E-state index in [0.29, 0.717) is 19.4 Å². The zero-order valence-electron chi connectivity index (χ0n) is 17.0. The molecule has 0 radical (unpaired) electrons. The minimum atomic E-state index is 0.0262. The fourth-order valence-corrected chi connectivity index (χ4v) is 4.38. The molecule has 29 heavy (non-hydrogen) atoms. The Labute approximate surface area is 172 Å². The van der Waals surface area contributed by atoms with Crippen molar-refractivity contribution in [2.75, 3.05) is 24.5 Å². The minimum absolute atomic E-state index is 0.0262. The van der Waals surface area contributed by atoms with E-state index in [1.54, 1.807) is 4.90 Å². The summed E-state index contributed by atoms with van der Waals surface area (Å²) in [4.78, 5) is 27.8. The number of nitrogens with zero attached hydrogens (tertiary/aromatic N) is 1. The first-order valence-corrected chi connectivity index (χ1v) is 10.8. The van der Waals surface area contributed by atoms with Gasteiger partial charge in [0.25, 0.3) is 0 Å². The lowest BCUT2D eigenvalue weighted by atomic mass is 10.1. The Hall–Kier alpha value is -2.66. The Bertz CT molecular complexity index is 857. The number of anilines is 1. The summed E-state index contributed by atoms with van der Waals surface area (Å²) in [5, 5.41) is 3.08. The van der Waals surface area contributed by atoms with Crippen LogP contribution in [0, 0.1) is 0 Å². The van der Waals surface area contributed by atoms with Crippen LogP contribution < -0.4 is 15.1 Å². The van der Waals surface area contributed by atoms with E-state index in [9.17, 15) is 9.59 Å². The summed E-state index contributed by atoms with van der Waals surface area (Å²) in [6.07, 6.45) is 4.54. The molecule has 0 unspecified atom stereocenters. The Kier molecular flexibility index (Phi) is 6.25. The predicted octanol–water partition coefficient (Wildman–Crippen LogP) is 1.85. The van der Waals surface area contributed by atoms with Gasteiger partial charge >= 0.3 is 0 Å². The van der Waals surface area contributed by atoms with E-state index in [1.807, 2.05) is 35.2 Å². The maximum absolute atomic E-state index is 12.5. The van der Waals surface area contributed by atoms with Gasteiger partial charge in [-0.3, -0.25) is 9.59 Å². The van der Waals surface area contributed by atoms with Crippen LogP contribution >= 0.6 is 0 Å². The Balaban J connectivity index is 1.30. The molecule has 0 saturated carbocycles. The van der Waals surface area contributed by atoms with E-state index in [1.165, 1.54) is 37.1 Å². The molecule has 0 atom stereocenters. The van der Waals surface area contributed by atoms with Gasteiger partial charge in [-0.1, -0.05) is 36.4 Å². The number of carbonyl (C=O) groups excluding carboxylic acids is 2. The first-order chi connectivity index (χ1) is 14.2. The monoisotopic (exact) mass is 392 g/mol. The van der Waals surface area contributed by atoms with Gasteiger partial charge in [0.15, 0.2) is 0 Å². The van der Waals surface area contributed by atoms with E-state index in [2.05, 4.69) is 23.5 Å². The van der Waals surface area contributed by atoms with Gasteiger partial charge in [0.2, 0.25) is 11.8 Å². The van der Waals surface area contributed by atoms with Crippen LogP contribution in [0.2, 0.25) is 0 Å². The average Bonchev–Trinajstić information content (AvgIpc) is 3.40. The van der Waals surface area contributed by atoms with Crippen molar-refractivity contribution < 1.29 is 14.5 Å². The van der Waals surface area contributed by atoms with Crippen LogP contribution in [-0.2, 0) is 29.1 Å². The van der Waals surface area contributed by atoms with Crippen molar-refractivity contribution in [2.45, 2.75) is 45.2 Å². The Morgan fingerprint density at radius 3 is 2.38 bits per heavy atom. The van der Waals surface area contributed by atoms with Crippen LogP contribution in [-0.4, -0.2) is 31.4 Å². The van der Waals surface area contributed by atoms with Gasteiger partial charge in [-0.25, -0.2) is 0 Å². The molecule has 152 valence electrons. The molecule has 2 aliphatic rings. The summed E-state index contributed by atoms with van der Waals surface area (Å²) in [7, 11) is 0. The molecule has 5 heteroatoms. The predicted molar refractivity (Wildman–Crippen MR) is 114 cm³/mol. The van der Waals surface area contributed by atoms with Gasteiger partial charge in [0.05, 0.1) is 19.5 Å². The molecule has 2 amide bonds. The summed E-state index contributed by atoms with van der Waals surface area (Å²) in [6.45, 7) is 4.90. The number of carbonyl (C=O) groups is 2. The van der Waals surface area contributed by atoms with Crippen molar-refractivity contribution in [3.05, 3.63) is 65.2 Å². The Morgan fingerprint density at radius 1 is 0.966 bits per heavy atom. The van der Waals surface area contributed by atoms with E-state index < -0.39 is 0 Å². The summed E-state index contributed by atoms with van der Waals surface area (Å²) >= 11 is 0. The van der Waals surface area contributed by atoms with Crippen molar-refractivity contribution in [3.8, 4) is 0 Å². The number of nitrogens with one attached hydrogen (secondary N) is 2. The molecule has 2 fully saturated rings. The zero-order chi connectivity index (χ0) is 20.1. The summed E-state index contributed by atoms with van der Waals surface area (Å²) in [6, 6.07) is 16.2. The third kappa shape index (κ3) is 5.04. The van der Waals surface area contributed by atoms with E-state index in [4.69, 9.17) is 0 Å². The van der Waals surface area contributed by atoms with E-state index >= 15 is 0 Å². The molecule has 5 nitrogen and oxygen atoms in total. The smallest absolute Gasteiger partial charge is 0.227 e. The number of likely N-dealkylation sites (tertiary alicyclic amines) is 1. The van der Waals surface area contributed by atoms with Crippen LogP contribution in [0.4, 0.5) is 5.69 Å². The third-order valence-electron chi connectivity index (χ3n) is 6.03. The van der Waals surface area contributed by atoms with Crippen LogP contribution in [0.1, 0.15) is 42.4 Å². The molecule has 0 spiro atoms. The van der Waals surface area contributed by atoms with Crippen LogP contribution in [0.5, 0.6) is 0 Å². The molecule has 0 aliphatic carbocycles. The molecule has 0 bridgehead atoms. The summed E-state index contributed by atoms with van der Waals surface area (Å²) in [5.74, 6) is 0.211. The van der Waals surface area contributed by atoms with Gasteiger partial charge in [0.1, 0.15) is 6.54 Å². The molecular formula is C24H30N3O2+. The molecule has 2 aromatic carbocycles. The highest BCUT2D eigenvalue weighted by atomic mass is 16.2. The highest BCUT2D eigenvalue weighted by molar-refractivity contribution is 5.95. The molecule has 4 rings (SSSR count). The fourth-order valence-electron chi connectivity index (χ4n) is 4.38. The highest BCUT2D eigenvalue weighted by Gasteiger charge is 2.21. The maximum atomic E-state index is 12.5. The summed E-state index contributed by atoms with van der Waals surface area (Å²) in [5.41, 5.74) is 4.44. The summed E-state index contributed by atoms with van der Waals surface area (Å²) < 4.78 is 0. The zero-order valence-corrected chi connectivity index (χ0v) is 17.0. The molecule has 2 heterocycles. The van der Waals surface area contributed by atoms with Crippen LogP contribution in [0.15, 0.2) is 48.5 Å². The first-order valence-electron chi connectivity index (χ1n) is 10.8. The number of hydrogen-bond donors (Lipinski definition) is 2. The second kappa shape index (κ2) is 9.23. The van der Waals surface area contributed by atoms with Crippen LogP contribution in [0.3, 0.4) is 0 Å². The molecule has 0 aromatic heterocycles. The quantitative estimate of drug-likeness (QED) is 0.756. The van der Waals surface area contributed by atoms with Gasteiger partial charge < -0.3 is 15.1 Å². The number of amides is 2. The molecule has 2 aliphatic heterocycles. The first kappa shape index (κ1) is 19.6. The van der Waals surface area contributed by atoms with Crippen molar-refractivity contribution in [2.24, 2.45) is 0 Å².